The summed E-state index contributed by atoms with van der Waals surface area (Å²) in [6.45, 7) is 0. The van der Waals surface area contributed by atoms with E-state index in [-0.39, 0.29) is 22.1 Å². The van der Waals surface area contributed by atoms with Gasteiger partial charge in [-0.15, -0.1) is 0 Å². The summed E-state index contributed by atoms with van der Waals surface area (Å²) in [7, 11) is 0. The number of carbonyl (C=O) groups excluding carboxylic acids is 1. The standard InChI is InChI=1S/C18H11Cl2F4N5O/c19-11-3-1-2-10(4-11)17(30)25-9-29(16-8-15(26-27-16)18(22,23)24)28-14-6-12(20)5-13(21)7-14/h1-9,28H,(H,26,27). The molecule has 1 aromatic heterocycles. The lowest BCUT2D eigenvalue weighted by Gasteiger charge is -2.19. The van der Waals surface area contributed by atoms with Gasteiger partial charge in [0.1, 0.15) is 17.8 Å². The van der Waals surface area contributed by atoms with E-state index in [2.05, 4.69) is 15.5 Å². The Bertz CT molecular complexity index is 1080. The Morgan fingerprint density at radius 3 is 2.53 bits per heavy atom. The molecule has 0 atom stereocenters. The van der Waals surface area contributed by atoms with E-state index in [4.69, 9.17) is 23.2 Å². The highest BCUT2D eigenvalue weighted by Gasteiger charge is 2.33. The number of aromatic amines is 1. The maximum Gasteiger partial charge on any atom is 0.432 e. The largest absolute Gasteiger partial charge is 0.432 e. The first-order chi connectivity index (χ1) is 14.1. The number of nitrogens with one attached hydrogen (secondary N) is 2. The van der Waals surface area contributed by atoms with Gasteiger partial charge in [-0.3, -0.25) is 15.3 Å². The lowest BCUT2D eigenvalue weighted by atomic mass is 10.2. The molecular weight excluding hydrogens is 449 g/mol. The number of amides is 1. The minimum atomic E-state index is -4.67. The SMILES string of the molecule is O=C(N=CN(Nc1cc(F)cc(Cl)c1)c1cc(C(F)(F)F)[nH]n1)c1cccc(Cl)c1. The van der Waals surface area contributed by atoms with Crippen molar-refractivity contribution in [3.8, 4) is 0 Å². The van der Waals surface area contributed by atoms with Gasteiger partial charge in [-0.25, -0.2) is 9.40 Å². The second-order valence-corrected chi connectivity index (χ2v) is 6.71. The average Bonchev–Trinajstić information content (AvgIpc) is 3.14. The van der Waals surface area contributed by atoms with E-state index < -0.39 is 23.6 Å². The van der Waals surface area contributed by atoms with Crippen molar-refractivity contribution >= 4 is 47.0 Å². The Kier molecular flexibility index (Phi) is 6.28. The van der Waals surface area contributed by atoms with E-state index >= 15 is 0 Å². The summed E-state index contributed by atoms with van der Waals surface area (Å²) in [6.07, 6.45) is -3.77. The molecule has 1 amide bonds. The van der Waals surface area contributed by atoms with E-state index in [1.807, 2.05) is 5.10 Å². The molecule has 30 heavy (non-hydrogen) atoms. The highest BCUT2D eigenvalue weighted by Crippen LogP contribution is 2.30. The number of benzene rings is 2. The van der Waals surface area contributed by atoms with Crippen LogP contribution in [0.25, 0.3) is 0 Å². The van der Waals surface area contributed by atoms with Gasteiger partial charge in [-0.1, -0.05) is 29.3 Å². The molecule has 1 heterocycles. The third-order valence-corrected chi connectivity index (χ3v) is 4.04. The molecule has 0 aliphatic carbocycles. The van der Waals surface area contributed by atoms with Crippen LogP contribution in [-0.2, 0) is 6.18 Å². The third-order valence-electron chi connectivity index (χ3n) is 3.59. The fourth-order valence-corrected chi connectivity index (χ4v) is 2.70. The lowest BCUT2D eigenvalue weighted by molar-refractivity contribution is -0.141. The van der Waals surface area contributed by atoms with Crippen molar-refractivity contribution in [1.82, 2.24) is 10.2 Å². The molecule has 0 radical (unpaired) electrons. The molecular formula is C18H11Cl2F4N5O. The van der Waals surface area contributed by atoms with Crippen molar-refractivity contribution in [1.29, 1.82) is 0 Å². The Balaban J connectivity index is 1.92. The summed E-state index contributed by atoms with van der Waals surface area (Å²) >= 11 is 11.6. The number of rotatable bonds is 5. The van der Waals surface area contributed by atoms with Gasteiger partial charge >= 0.3 is 6.18 Å². The maximum atomic E-state index is 13.6. The van der Waals surface area contributed by atoms with Crippen LogP contribution in [0.4, 0.5) is 29.1 Å². The van der Waals surface area contributed by atoms with Crippen molar-refractivity contribution in [2.75, 3.05) is 10.4 Å². The Morgan fingerprint density at radius 2 is 1.90 bits per heavy atom. The van der Waals surface area contributed by atoms with Crippen molar-refractivity contribution < 1.29 is 22.4 Å². The first-order valence-corrected chi connectivity index (χ1v) is 8.86. The van der Waals surface area contributed by atoms with Crippen LogP contribution >= 0.6 is 23.2 Å². The highest BCUT2D eigenvalue weighted by atomic mass is 35.5. The number of halogens is 6. The molecule has 0 saturated carbocycles. The van der Waals surface area contributed by atoms with Crippen LogP contribution < -0.4 is 10.4 Å². The van der Waals surface area contributed by atoms with Crippen molar-refractivity contribution in [2.24, 2.45) is 4.99 Å². The van der Waals surface area contributed by atoms with Crippen LogP contribution in [-0.4, -0.2) is 22.4 Å². The van der Waals surface area contributed by atoms with Gasteiger partial charge in [0.25, 0.3) is 5.91 Å². The zero-order valence-corrected chi connectivity index (χ0v) is 16.2. The molecule has 0 unspecified atom stereocenters. The molecule has 3 aromatic rings. The quantitative estimate of drug-likeness (QED) is 0.226. The number of alkyl halides is 3. The number of hydrogen-bond acceptors (Lipinski definition) is 3. The first kappa shape index (κ1) is 21.6. The van der Waals surface area contributed by atoms with Gasteiger partial charge in [0.15, 0.2) is 5.82 Å². The molecule has 0 bridgehead atoms. The lowest BCUT2D eigenvalue weighted by Crippen LogP contribution is -2.29. The second-order valence-electron chi connectivity index (χ2n) is 5.84. The van der Waals surface area contributed by atoms with Crippen molar-refractivity contribution in [3.05, 3.63) is 75.7 Å². The molecule has 2 N–H and O–H groups in total. The van der Waals surface area contributed by atoms with Crippen molar-refractivity contribution in [3.63, 3.8) is 0 Å². The monoisotopic (exact) mass is 459 g/mol. The van der Waals surface area contributed by atoms with Gasteiger partial charge < -0.3 is 0 Å². The van der Waals surface area contributed by atoms with Crippen LogP contribution in [0, 0.1) is 5.82 Å². The predicted molar refractivity (Wildman–Crippen MR) is 105 cm³/mol. The van der Waals surface area contributed by atoms with E-state index in [0.29, 0.717) is 11.1 Å². The molecule has 0 spiro atoms. The molecule has 0 fully saturated rings. The fourth-order valence-electron chi connectivity index (χ4n) is 2.29. The molecule has 156 valence electrons. The second kappa shape index (κ2) is 8.72. The number of nitrogens with zero attached hydrogens (tertiary/aromatic N) is 3. The summed E-state index contributed by atoms with van der Waals surface area (Å²) < 4.78 is 52.3. The molecule has 2 aromatic carbocycles. The van der Waals surface area contributed by atoms with E-state index in [0.717, 1.165) is 23.5 Å². The number of anilines is 2. The Morgan fingerprint density at radius 1 is 1.13 bits per heavy atom. The molecule has 12 heteroatoms. The van der Waals surface area contributed by atoms with Crippen LogP contribution in [0.1, 0.15) is 16.1 Å². The summed E-state index contributed by atoms with van der Waals surface area (Å²) in [5, 5.41) is 6.65. The van der Waals surface area contributed by atoms with Gasteiger partial charge in [0, 0.05) is 21.7 Å². The maximum absolute atomic E-state index is 13.6. The molecule has 3 rings (SSSR count). The minimum Gasteiger partial charge on any atom is -0.291 e. The molecule has 0 aliphatic heterocycles. The number of carbonyl (C=O) groups is 1. The van der Waals surface area contributed by atoms with Gasteiger partial charge in [0.05, 0.1) is 5.69 Å². The zero-order chi connectivity index (χ0) is 21.9. The van der Waals surface area contributed by atoms with E-state index in [1.165, 1.54) is 18.2 Å². The smallest absolute Gasteiger partial charge is 0.291 e. The van der Waals surface area contributed by atoms with E-state index in [9.17, 15) is 22.4 Å². The Labute approximate surface area is 177 Å². The number of hydrogen-bond donors (Lipinski definition) is 2. The first-order valence-electron chi connectivity index (χ1n) is 8.10. The minimum absolute atomic E-state index is 0.0439. The summed E-state index contributed by atoms with van der Waals surface area (Å²) in [5.41, 5.74) is 1.70. The van der Waals surface area contributed by atoms with Gasteiger partial charge in [-0.2, -0.15) is 23.3 Å². The van der Waals surface area contributed by atoms with Crippen molar-refractivity contribution in [2.45, 2.75) is 6.18 Å². The number of aromatic nitrogens is 2. The topological polar surface area (TPSA) is 73.4 Å². The van der Waals surface area contributed by atoms with Crippen LogP contribution in [0.2, 0.25) is 10.0 Å². The summed E-state index contributed by atoms with van der Waals surface area (Å²) in [4.78, 5) is 16.0. The summed E-state index contributed by atoms with van der Waals surface area (Å²) in [5.74, 6) is -1.69. The predicted octanol–water partition coefficient (Wildman–Crippen LogP) is 5.58. The van der Waals surface area contributed by atoms with Crippen LogP contribution in [0.3, 0.4) is 0 Å². The molecule has 0 aliphatic rings. The average molecular weight is 460 g/mol. The van der Waals surface area contributed by atoms with Gasteiger partial charge in [-0.05, 0) is 36.4 Å². The molecule has 6 nitrogen and oxygen atoms in total. The summed E-state index contributed by atoms with van der Waals surface area (Å²) in [6, 6.07) is 10.0. The van der Waals surface area contributed by atoms with Gasteiger partial charge in [0.2, 0.25) is 0 Å². The molecule has 0 saturated heterocycles. The van der Waals surface area contributed by atoms with Crippen LogP contribution in [0.15, 0.2) is 53.5 Å². The number of H-pyrrole nitrogens is 1. The van der Waals surface area contributed by atoms with E-state index in [1.54, 1.807) is 12.1 Å². The number of aliphatic imine (C=N–C) groups is 1. The number of hydrazine groups is 1. The highest BCUT2D eigenvalue weighted by molar-refractivity contribution is 6.31. The fraction of sp³-hybridized carbons (Fsp3) is 0.0556. The third kappa shape index (κ3) is 5.49. The Hall–Kier alpha value is -3.11. The zero-order valence-electron chi connectivity index (χ0n) is 14.7. The van der Waals surface area contributed by atoms with Crippen LogP contribution in [0.5, 0.6) is 0 Å². The normalized spacial score (nSPS) is 11.7.